The van der Waals surface area contributed by atoms with E-state index >= 15 is 0 Å². The molecule has 0 spiro atoms. The maximum absolute atomic E-state index is 12.6. The third-order valence-corrected chi connectivity index (χ3v) is 5.39. The van der Waals surface area contributed by atoms with Crippen LogP contribution in [0.25, 0.3) is 10.6 Å². The molecule has 1 fully saturated rings. The van der Waals surface area contributed by atoms with Crippen LogP contribution in [0.5, 0.6) is 0 Å². The molecule has 1 aromatic carbocycles. The van der Waals surface area contributed by atoms with Crippen LogP contribution in [0.2, 0.25) is 0 Å². The second-order valence-electron chi connectivity index (χ2n) is 6.72. The number of amides is 1. The van der Waals surface area contributed by atoms with Crippen LogP contribution in [0.4, 0.5) is 0 Å². The van der Waals surface area contributed by atoms with Gasteiger partial charge < -0.3 is 10.1 Å². The summed E-state index contributed by atoms with van der Waals surface area (Å²) in [7, 11) is 0. The molecule has 1 aliphatic heterocycles. The van der Waals surface area contributed by atoms with Gasteiger partial charge in [-0.2, -0.15) is 0 Å². The Morgan fingerprint density at radius 2 is 2.25 bits per heavy atom. The van der Waals surface area contributed by atoms with Gasteiger partial charge in [-0.3, -0.25) is 4.79 Å². The highest BCUT2D eigenvalue weighted by atomic mass is 32.1. The molecule has 1 N–H and O–H groups in total. The monoisotopic (exact) mass is 344 g/mol. The maximum atomic E-state index is 12.6. The molecule has 0 bridgehead atoms. The van der Waals surface area contributed by atoms with E-state index in [9.17, 15) is 4.79 Å². The predicted molar refractivity (Wildman–Crippen MR) is 97.4 cm³/mol. The van der Waals surface area contributed by atoms with Crippen molar-refractivity contribution in [3.63, 3.8) is 0 Å². The van der Waals surface area contributed by atoms with Gasteiger partial charge in [0.25, 0.3) is 5.91 Å². The number of hydrogen-bond donors (Lipinski definition) is 1. The van der Waals surface area contributed by atoms with Gasteiger partial charge in [0.1, 0.15) is 5.01 Å². The lowest BCUT2D eigenvalue weighted by Crippen LogP contribution is -2.43. The van der Waals surface area contributed by atoms with E-state index in [1.165, 1.54) is 0 Å². The van der Waals surface area contributed by atoms with Crippen molar-refractivity contribution in [1.29, 1.82) is 0 Å². The number of aromatic nitrogens is 1. The molecule has 1 aromatic heterocycles. The molecule has 128 valence electrons. The number of thiazole rings is 1. The van der Waals surface area contributed by atoms with Gasteiger partial charge in [-0.05, 0) is 37.8 Å². The van der Waals surface area contributed by atoms with Crippen LogP contribution in [0, 0.1) is 12.8 Å². The molecule has 4 nitrogen and oxygen atoms in total. The van der Waals surface area contributed by atoms with Crippen LogP contribution < -0.4 is 5.32 Å². The highest BCUT2D eigenvalue weighted by molar-refractivity contribution is 7.13. The van der Waals surface area contributed by atoms with E-state index in [0.29, 0.717) is 18.1 Å². The third-order valence-electron chi connectivity index (χ3n) is 4.38. The van der Waals surface area contributed by atoms with Crippen molar-refractivity contribution in [2.75, 3.05) is 6.61 Å². The smallest absolute Gasteiger partial charge is 0.251 e. The van der Waals surface area contributed by atoms with Crippen molar-refractivity contribution in [3.05, 3.63) is 40.9 Å². The van der Waals surface area contributed by atoms with Crippen LogP contribution in [-0.4, -0.2) is 29.6 Å². The average molecular weight is 344 g/mol. The first-order valence-corrected chi connectivity index (χ1v) is 9.36. The number of hydrogen-bond acceptors (Lipinski definition) is 4. The molecule has 3 rings (SSSR count). The van der Waals surface area contributed by atoms with Crippen molar-refractivity contribution in [2.24, 2.45) is 5.92 Å². The Hall–Kier alpha value is -1.72. The van der Waals surface area contributed by atoms with Crippen LogP contribution in [0.1, 0.15) is 42.7 Å². The lowest BCUT2D eigenvalue weighted by molar-refractivity contribution is -0.0233. The molecule has 1 amide bonds. The first kappa shape index (κ1) is 17.1. The first-order valence-electron chi connectivity index (χ1n) is 8.48. The van der Waals surface area contributed by atoms with E-state index in [0.717, 1.165) is 29.1 Å². The summed E-state index contributed by atoms with van der Waals surface area (Å²) < 4.78 is 5.78. The first-order chi connectivity index (χ1) is 11.5. The summed E-state index contributed by atoms with van der Waals surface area (Å²) in [6.07, 6.45) is 1.99. The molecule has 24 heavy (non-hydrogen) atoms. The number of carbonyl (C=O) groups excluding carboxylic acids is 1. The molecule has 0 radical (unpaired) electrons. The van der Waals surface area contributed by atoms with Gasteiger partial charge in [-0.25, -0.2) is 4.98 Å². The van der Waals surface area contributed by atoms with Crippen LogP contribution in [0.3, 0.4) is 0 Å². The average Bonchev–Trinajstić information content (AvgIpc) is 3.02. The number of ether oxygens (including phenoxy) is 1. The minimum atomic E-state index is -0.0143. The fourth-order valence-electron chi connectivity index (χ4n) is 2.97. The lowest BCUT2D eigenvalue weighted by atomic mass is 9.95. The zero-order valence-corrected chi connectivity index (χ0v) is 15.2. The minimum Gasteiger partial charge on any atom is -0.378 e. The molecule has 0 saturated carbocycles. The van der Waals surface area contributed by atoms with Gasteiger partial charge in [-0.1, -0.05) is 26.0 Å². The highest BCUT2D eigenvalue weighted by Gasteiger charge is 2.26. The number of nitrogens with one attached hydrogen (secondary N) is 1. The predicted octanol–water partition coefficient (Wildman–Crippen LogP) is 4.05. The van der Waals surface area contributed by atoms with Gasteiger partial charge in [0.05, 0.1) is 6.10 Å². The summed E-state index contributed by atoms with van der Waals surface area (Å²) in [4.78, 5) is 17.1. The maximum Gasteiger partial charge on any atom is 0.251 e. The number of aryl methyl sites for hydroxylation is 1. The van der Waals surface area contributed by atoms with Gasteiger partial charge in [0.15, 0.2) is 0 Å². The Kier molecular flexibility index (Phi) is 5.31. The van der Waals surface area contributed by atoms with Crippen LogP contribution in [0.15, 0.2) is 29.6 Å². The second kappa shape index (κ2) is 7.45. The topological polar surface area (TPSA) is 51.2 Å². The van der Waals surface area contributed by atoms with Gasteiger partial charge in [-0.15, -0.1) is 11.3 Å². The molecule has 1 aliphatic rings. The Balaban J connectivity index is 1.69. The molecule has 2 atom stereocenters. The van der Waals surface area contributed by atoms with E-state index in [1.54, 1.807) is 11.3 Å². The number of carbonyl (C=O) groups is 1. The third kappa shape index (κ3) is 4.02. The number of rotatable bonds is 4. The molecule has 2 heterocycles. The number of benzene rings is 1. The fourth-order valence-corrected chi connectivity index (χ4v) is 3.77. The second-order valence-corrected chi connectivity index (χ2v) is 7.58. The Morgan fingerprint density at radius 1 is 1.42 bits per heavy atom. The van der Waals surface area contributed by atoms with E-state index in [4.69, 9.17) is 4.74 Å². The molecule has 2 aromatic rings. The Morgan fingerprint density at radius 3 is 2.96 bits per heavy atom. The molecular weight excluding hydrogens is 320 g/mol. The van der Waals surface area contributed by atoms with E-state index in [-0.39, 0.29) is 18.1 Å². The van der Waals surface area contributed by atoms with Gasteiger partial charge >= 0.3 is 0 Å². The van der Waals surface area contributed by atoms with E-state index in [2.05, 4.69) is 24.1 Å². The van der Waals surface area contributed by atoms with Crippen LogP contribution in [-0.2, 0) is 4.74 Å². The molecule has 0 aliphatic carbocycles. The summed E-state index contributed by atoms with van der Waals surface area (Å²) in [5.74, 6) is 0.459. The molecule has 5 heteroatoms. The fraction of sp³-hybridized carbons (Fsp3) is 0.474. The van der Waals surface area contributed by atoms with Crippen molar-refractivity contribution >= 4 is 17.2 Å². The van der Waals surface area contributed by atoms with E-state index in [1.807, 2.05) is 36.6 Å². The quantitative estimate of drug-likeness (QED) is 0.910. The summed E-state index contributed by atoms with van der Waals surface area (Å²) >= 11 is 1.60. The van der Waals surface area contributed by atoms with Crippen molar-refractivity contribution < 1.29 is 9.53 Å². The summed E-state index contributed by atoms with van der Waals surface area (Å²) in [5, 5.41) is 6.14. The zero-order chi connectivity index (χ0) is 17.1. The van der Waals surface area contributed by atoms with Gasteiger partial charge in [0.2, 0.25) is 0 Å². The SMILES string of the molecule is Cc1csc(-c2cccc(C(=O)N[C@H]3CCO[C@@H](C(C)C)C3)c2)n1. The normalized spacial score (nSPS) is 21.0. The molecule has 0 unspecified atom stereocenters. The molecular formula is C19H24N2O2S. The Bertz CT molecular complexity index is 711. The Labute approximate surface area is 147 Å². The lowest BCUT2D eigenvalue weighted by Gasteiger charge is -2.32. The molecule has 1 saturated heterocycles. The number of nitrogens with zero attached hydrogens (tertiary/aromatic N) is 1. The minimum absolute atomic E-state index is 0.0143. The van der Waals surface area contributed by atoms with Crippen LogP contribution >= 0.6 is 11.3 Å². The standard InChI is InChI=1S/C19H24N2O2S/c1-12(2)17-10-16(7-8-23-17)21-18(22)14-5-4-6-15(9-14)19-20-13(3)11-24-19/h4-6,9,11-12,16-17H,7-8,10H2,1-3H3,(H,21,22)/t16-,17+/m0/s1. The highest BCUT2D eigenvalue weighted by Crippen LogP contribution is 2.25. The van der Waals surface area contributed by atoms with Gasteiger partial charge in [0, 0.05) is 34.8 Å². The van der Waals surface area contributed by atoms with Crippen molar-refractivity contribution in [3.8, 4) is 10.6 Å². The largest absolute Gasteiger partial charge is 0.378 e. The summed E-state index contributed by atoms with van der Waals surface area (Å²) in [6, 6.07) is 7.88. The zero-order valence-electron chi connectivity index (χ0n) is 14.4. The van der Waals surface area contributed by atoms with Crippen molar-refractivity contribution in [2.45, 2.75) is 45.8 Å². The van der Waals surface area contributed by atoms with E-state index < -0.39 is 0 Å². The van der Waals surface area contributed by atoms with Crippen molar-refractivity contribution in [1.82, 2.24) is 10.3 Å². The summed E-state index contributed by atoms with van der Waals surface area (Å²) in [6.45, 7) is 7.02. The summed E-state index contributed by atoms with van der Waals surface area (Å²) in [5.41, 5.74) is 2.69.